The smallest absolute Gasteiger partial charge is 0.271 e. The molecule has 0 saturated heterocycles. The number of furan rings is 1. The van der Waals surface area contributed by atoms with Gasteiger partial charge in [0.05, 0.1) is 13.2 Å². The molecule has 0 aliphatic carbocycles. The summed E-state index contributed by atoms with van der Waals surface area (Å²) in [6.07, 6.45) is 1.51. The molecule has 1 N–H and O–H groups in total. The second-order valence-corrected chi connectivity index (χ2v) is 6.69. The fourth-order valence-electron chi connectivity index (χ4n) is 2.81. The van der Waals surface area contributed by atoms with Crippen molar-refractivity contribution in [3.05, 3.63) is 63.4 Å². The number of carbonyl (C=O) groups excluding carboxylic acids is 2. The normalized spacial score (nSPS) is 16.2. The second-order valence-electron chi connectivity index (χ2n) is 5.84. The third-order valence-electron chi connectivity index (χ3n) is 4.20. The Morgan fingerprint density at radius 2 is 1.96 bits per heavy atom. The van der Waals surface area contributed by atoms with Crippen molar-refractivity contribution in [1.82, 2.24) is 4.90 Å². The summed E-state index contributed by atoms with van der Waals surface area (Å²) < 4.78 is 6.69. The maximum Gasteiger partial charge on any atom is 0.271 e. The molecule has 6 nitrogen and oxygen atoms in total. The lowest BCUT2D eigenvalue weighted by Crippen LogP contribution is -2.44. The van der Waals surface area contributed by atoms with Crippen LogP contribution in [0.4, 0.5) is 0 Å². The Morgan fingerprint density at radius 3 is 2.63 bits per heavy atom. The summed E-state index contributed by atoms with van der Waals surface area (Å²) in [7, 11) is 0. The number of hydrogen-bond acceptors (Lipinski definition) is 5. The first-order valence-electron chi connectivity index (χ1n) is 8.12. The Hall–Kier alpha value is -2.95. The first kappa shape index (κ1) is 18.8. The van der Waals surface area contributed by atoms with Crippen molar-refractivity contribution in [2.75, 3.05) is 13.2 Å². The summed E-state index contributed by atoms with van der Waals surface area (Å²) in [5, 5.41) is 18.4. The fourth-order valence-corrected chi connectivity index (χ4v) is 3.29. The van der Waals surface area contributed by atoms with E-state index in [0.29, 0.717) is 17.1 Å². The quantitative estimate of drug-likeness (QED) is 0.597. The van der Waals surface area contributed by atoms with Crippen molar-refractivity contribution < 1.29 is 19.1 Å². The van der Waals surface area contributed by atoms with E-state index in [1.54, 1.807) is 19.1 Å². The molecule has 1 aromatic carbocycles. The van der Waals surface area contributed by atoms with E-state index in [9.17, 15) is 14.9 Å². The minimum atomic E-state index is -0.695. The number of aliphatic hydroxyl groups excluding tert-OH is 1. The van der Waals surface area contributed by atoms with Gasteiger partial charge in [-0.1, -0.05) is 34.1 Å². The molecule has 0 saturated carbocycles. The van der Waals surface area contributed by atoms with Crippen molar-refractivity contribution in [1.29, 1.82) is 5.26 Å². The number of carbonyl (C=O) groups is 2. The van der Waals surface area contributed by atoms with Gasteiger partial charge in [-0.2, -0.15) is 5.26 Å². The van der Waals surface area contributed by atoms with Gasteiger partial charge in [0.2, 0.25) is 0 Å². The maximum absolute atomic E-state index is 12.7. The van der Waals surface area contributed by atoms with E-state index in [1.165, 1.54) is 6.08 Å². The number of aliphatic hydroxyl groups is 1. The summed E-state index contributed by atoms with van der Waals surface area (Å²) in [5.41, 5.74) is 1.22. The minimum Gasteiger partial charge on any atom is -0.457 e. The Bertz CT molecular complexity index is 1030. The molecule has 136 valence electrons. The van der Waals surface area contributed by atoms with Crippen molar-refractivity contribution >= 4 is 33.8 Å². The number of nitriles is 1. The molecule has 0 fully saturated rings. The lowest BCUT2D eigenvalue weighted by atomic mass is 9.95. The van der Waals surface area contributed by atoms with Crippen LogP contribution in [-0.2, 0) is 9.59 Å². The van der Waals surface area contributed by atoms with Crippen molar-refractivity contribution in [3.63, 3.8) is 0 Å². The van der Waals surface area contributed by atoms with Crippen molar-refractivity contribution in [3.8, 4) is 17.4 Å². The monoisotopic (exact) mass is 426 g/mol. The maximum atomic E-state index is 12.7. The highest BCUT2D eigenvalue weighted by Crippen LogP contribution is 2.32. The van der Waals surface area contributed by atoms with Gasteiger partial charge < -0.3 is 9.52 Å². The SMILES string of the molecule is CC1=C(C#N)C(=O)N(CCO)C(=O)/C1=C/c1ccc(-c2ccccc2Br)o1. The summed E-state index contributed by atoms with van der Waals surface area (Å²) in [6, 6.07) is 12.9. The molecular formula is C20H15BrN2O4. The standard InChI is InChI=1S/C20H15BrN2O4/c1-12-15(19(25)23(8-9-24)20(26)16(12)11-22)10-13-6-7-18(27-13)14-4-2-3-5-17(14)21/h2-7,10,24H,8-9H2,1H3/b15-10+. The Morgan fingerprint density at radius 1 is 1.22 bits per heavy atom. The number of halogens is 1. The van der Waals surface area contributed by atoms with E-state index in [4.69, 9.17) is 9.52 Å². The lowest BCUT2D eigenvalue weighted by molar-refractivity contribution is -0.140. The molecule has 2 aromatic rings. The van der Waals surface area contributed by atoms with Crippen LogP contribution in [0.3, 0.4) is 0 Å². The second kappa shape index (κ2) is 7.74. The molecular weight excluding hydrogens is 412 g/mol. The predicted octanol–water partition coefficient (Wildman–Crippen LogP) is 3.29. The van der Waals surface area contributed by atoms with E-state index < -0.39 is 11.8 Å². The Balaban J connectivity index is 2.04. The van der Waals surface area contributed by atoms with E-state index in [-0.39, 0.29) is 24.3 Å². The van der Waals surface area contributed by atoms with Gasteiger partial charge in [-0.25, -0.2) is 0 Å². The van der Waals surface area contributed by atoms with Gasteiger partial charge in [0.25, 0.3) is 11.8 Å². The number of rotatable bonds is 4. The number of imide groups is 1. The molecule has 0 bridgehead atoms. The highest BCUT2D eigenvalue weighted by atomic mass is 79.9. The predicted molar refractivity (Wildman–Crippen MR) is 102 cm³/mol. The van der Waals surface area contributed by atoms with Gasteiger partial charge in [-0.05, 0) is 36.8 Å². The zero-order valence-corrected chi connectivity index (χ0v) is 16.0. The summed E-state index contributed by atoms with van der Waals surface area (Å²) in [6.45, 7) is 0.997. The molecule has 27 heavy (non-hydrogen) atoms. The van der Waals surface area contributed by atoms with Crippen LogP contribution in [-0.4, -0.2) is 35.0 Å². The van der Waals surface area contributed by atoms with Crippen molar-refractivity contribution in [2.45, 2.75) is 6.92 Å². The first-order valence-corrected chi connectivity index (χ1v) is 8.92. The minimum absolute atomic E-state index is 0.119. The van der Waals surface area contributed by atoms with E-state index in [2.05, 4.69) is 15.9 Å². The van der Waals surface area contributed by atoms with E-state index in [0.717, 1.165) is 14.9 Å². The summed E-state index contributed by atoms with van der Waals surface area (Å²) in [5.74, 6) is -0.231. The average molecular weight is 427 g/mol. The molecule has 7 heteroatoms. The molecule has 1 aromatic heterocycles. The molecule has 0 radical (unpaired) electrons. The highest BCUT2D eigenvalue weighted by Gasteiger charge is 2.35. The number of nitrogens with zero attached hydrogens (tertiary/aromatic N) is 2. The molecule has 2 heterocycles. The number of β-amino-alcohol motifs (C(OH)–C–C–N with tert-alkyl or cyclic N) is 1. The largest absolute Gasteiger partial charge is 0.457 e. The molecule has 3 rings (SSSR count). The highest BCUT2D eigenvalue weighted by molar-refractivity contribution is 9.10. The van der Waals surface area contributed by atoms with Crippen LogP contribution in [0, 0.1) is 11.3 Å². The van der Waals surface area contributed by atoms with Crippen LogP contribution in [0.2, 0.25) is 0 Å². The zero-order chi connectivity index (χ0) is 19.6. The Labute approximate surface area is 164 Å². The van der Waals surface area contributed by atoms with Crippen LogP contribution in [0.15, 0.2) is 62.0 Å². The molecule has 2 amide bonds. The number of hydrogen-bond donors (Lipinski definition) is 1. The summed E-state index contributed by atoms with van der Waals surface area (Å²) in [4.78, 5) is 25.8. The number of amides is 2. The lowest BCUT2D eigenvalue weighted by Gasteiger charge is -2.26. The van der Waals surface area contributed by atoms with Crippen LogP contribution in [0.25, 0.3) is 17.4 Å². The van der Waals surface area contributed by atoms with Crippen LogP contribution < -0.4 is 0 Å². The van der Waals surface area contributed by atoms with E-state index in [1.807, 2.05) is 30.3 Å². The van der Waals surface area contributed by atoms with Gasteiger partial charge in [0, 0.05) is 15.6 Å². The average Bonchev–Trinajstić information content (AvgIpc) is 3.11. The number of benzene rings is 1. The van der Waals surface area contributed by atoms with Gasteiger partial charge >= 0.3 is 0 Å². The molecule has 0 atom stereocenters. The van der Waals surface area contributed by atoms with Gasteiger partial charge in [0.1, 0.15) is 23.2 Å². The van der Waals surface area contributed by atoms with Gasteiger partial charge in [0.15, 0.2) is 0 Å². The zero-order valence-electron chi connectivity index (χ0n) is 14.4. The van der Waals surface area contributed by atoms with Crippen LogP contribution in [0.5, 0.6) is 0 Å². The topological polar surface area (TPSA) is 94.5 Å². The van der Waals surface area contributed by atoms with Crippen molar-refractivity contribution in [2.24, 2.45) is 0 Å². The van der Waals surface area contributed by atoms with Gasteiger partial charge in [-0.3, -0.25) is 14.5 Å². The molecule has 1 aliphatic heterocycles. The molecule has 1 aliphatic rings. The molecule has 0 unspecified atom stereocenters. The molecule has 0 spiro atoms. The Kier molecular flexibility index (Phi) is 5.40. The third-order valence-corrected chi connectivity index (χ3v) is 4.89. The summed E-state index contributed by atoms with van der Waals surface area (Å²) >= 11 is 3.47. The van der Waals surface area contributed by atoms with Crippen LogP contribution in [0.1, 0.15) is 12.7 Å². The van der Waals surface area contributed by atoms with E-state index >= 15 is 0 Å². The first-order chi connectivity index (χ1) is 13.0. The fraction of sp³-hybridized carbons (Fsp3) is 0.150. The van der Waals surface area contributed by atoms with Crippen LogP contribution >= 0.6 is 15.9 Å². The third kappa shape index (κ3) is 3.50. The van der Waals surface area contributed by atoms with Gasteiger partial charge in [-0.15, -0.1) is 0 Å².